The summed E-state index contributed by atoms with van der Waals surface area (Å²) in [7, 11) is 3.30. The molecule has 1 fully saturated rings. The lowest BCUT2D eigenvalue weighted by atomic mass is 10.1. The van der Waals surface area contributed by atoms with Gasteiger partial charge in [-0.05, 0) is 29.6 Å². The van der Waals surface area contributed by atoms with Crippen molar-refractivity contribution in [3.63, 3.8) is 0 Å². The molecule has 0 bridgehead atoms. The minimum Gasteiger partial charge on any atom is -0.493 e. The largest absolute Gasteiger partial charge is 0.493 e. The van der Waals surface area contributed by atoms with Crippen LogP contribution in [0.2, 0.25) is 0 Å². The highest BCUT2D eigenvalue weighted by molar-refractivity contribution is 7.12. The summed E-state index contributed by atoms with van der Waals surface area (Å²) in [6, 6.07) is 9.89. The molecule has 0 unspecified atom stereocenters. The van der Waals surface area contributed by atoms with Gasteiger partial charge in [0.05, 0.1) is 45.3 Å². The monoisotopic (exact) mass is 347 g/mol. The Labute approximate surface area is 146 Å². The standard InChI is InChI=1S/C18H22N2O3S/c1-22-15-6-5-14(12-16(15)23-2)13-19-7-9-20(10-8-19)18(21)17-4-3-11-24-17/h3-6,11-12H,7-10,13H2,1-2H3/p+1. The van der Waals surface area contributed by atoms with E-state index in [1.165, 1.54) is 21.8 Å². The number of thiophene rings is 1. The molecule has 1 saturated heterocycles. The quantitative estimate of drug-likeness (QED) is 0.887. The molecule has 1 amide bonds. The molecule has 0 radical (unpaired) electrons. The summed E-state index contributed by atoms with van der Waals surface area (Å²) in [6.45, 7) is 4.47. The van der Waals surface area contributed by atoms with Crippen molar-refractivity contribution in [3.05, 3.63) is 46.2 Å². The Morgan fingerprint density at radius 2 is 1.92 bits per heavy atom. The topological polar surface area (TPSA) is 43.2 Å². The summed E-state index contributed by atoms with van der Waals surface area (Å²) in [4.78, 5) is 16.7. The molecule has 3 rings (SSSR count). The minimum absolute atomic E-state index is 0.162. The zero-order valence-corrected chi connectivity index (χ0v) is 14.9. The Balaban J connectivity index is 1.56. The second kappa shape index (κ2) is 7.68. The van der Waals surface area contributed by atoms with Crippen molar-refractivity contribution in [2.45, 2.75) is 6.54 Å². The molecule has 0 atom stereocenters. The van der Waals surface area contributed by atoms with Crippen LogP contribution in [0.15, 0.2) is 35.7 Å². The molecule has 2 aromatic rings. The van der Waals surface area contributed by atoms with Crippen molar-refractivity contribution >= 4 is 17.2 Å². The molecular weight excluding hydrogens is 324 g/mol. The van der Waals surface area contributed by atoms with Crippen LogP contribution in [-0.4, -0.2) is 51.2 Å². The zero-order valence-electron chi connectivity index (χ0n) is 14.1. The Kier molecular flexibility index (Phi) is 5.37. The molecule has 1 aliphatic heterocycles. The first kappa shape index (κ1) is 16.8. The summed E-state index contributed by atoms with van der Waals surface area (Å²) in [5.41, 5.74) is 1.22. The lowest BCUT2D eigenvalue weighted by molar-refractivity contribution is -0.917. The normalized spacial score (nSPS) is 15.3. The van der Waals surface area contributed by atoms with Gasteiger partial charge in [-0.15, -0.1) is 11.3 Å². The number of benzene rings is 1. The molecule has 24 heavy (non-hydrogen) atoms. The highest BCUT2D eigenvalue weighted by Crippen LogP contribution is 2.27. The third-order valence-electron chi connectivity index (χ3n) is 4.39. The molecule has 1 aliphatic rings. The van der Waals surface area contributed by atoms with Crippen LogP contribution in [-0.2, 0) is 6.54 Å². The van der Waals surface area contributed by atoms with Crippen LogP contribution in [0, 0.1) is 0 Å². The van der Waals surface area contributed by atoms with Gasteiger partial charge in [-0.25, -0.2) is 0 Å². The number of rotatable bonds is 5. The van der Waals surface area contributed by atoms with Gasteiger partial charge in [0, 0.05) is 5.56 Å². The summed E-state index contributed by atoms with van der Waals surface area (Å²) in [6.07, 6.45) is 0. The van der Waals surface area contributed by atoms with E-state index >= 15 is 0 Å². The number of carbonyl (C=O) groups is 1. The van der Waals surface area contributed by atoms with E-state index in [4.69, 9.17) is 9.47 Å². The third-order valence-corrected chi connectivity index (χ3v) is 5.25. The summed E-state index contributed by atoms with van der Waals surface area (Å²) in [5, 5.41) is 1.95. The minimum atomic E-state index is 0.162. The predicted octanol–water partition coefficient (Wildman–Crippen LogP) is 1.31. The number of methoxy groups -OCH3 is 2. The van der Waals surface area contributed by atoms with Crippen LogP contribution in [0.3, 0.4) is 0 Å². The van der Waals surface area contributed by atoms with Crippen molar-refractivity contribution < 1.29 is 19.2 Å². The fourth-order valence-corrected chi connectivity index (χ4v) is 3.73. The lowest BCUT2D eigenvalue weighted by Crippen LogP contribution is -3.13. The number of piperazine rings is 1. The first-order valence-corrected chi connectivity index (χ1v) is 8.96. The Morgan fingerprint density at radius 3 is 2.54 bits per heavy atom. The highest BCUT2D eigenvalue weighted by Gasteiger charge is 2.25. The van der Waals surface area contributed by atoms with Crippen LogP contribution >= 0.6 is 11.3 Å². The van der Waals surface area contributed by atoms with Crippen LogP contribution in [0.4, 0.5) is 0 Å². The highest BCUT2D eigenvalue weighted by atomic mass is 32.1. The summed E-state index contributed by atoms with van der Waals surface area (Å²) in [5.74, 6) is 1.68. The zero-order chi connectivity index (χ0) is 16.9. The average Bonchev–Trinajstić information content (AvgIpc) is 3.16. The van der Waals surface area contributed by atoms with Gasteiger partial charge in [-0.1, -0.05) is 6.07 Å². The van der Waals surface area contributed by atoms with Gasteiger partial charge >= 0.3 is 0 Å². The van der Waals surface area contributed by atoms with E-state index in [0.29, 0.717) is 0 Å². The van der Waals surface area contributed by atoms with E-state index in [1.54, 1.807) is 14.2 Å². The summed E-state index contributed by atoms with van der Waals surface area (Å²) < 4.78 is 10.7. The number of carbonyl (C=O) groups excluding carboxylic acids is 1. The van der Waals surface area contributed by atoms with E-state index in [-0.39, 0.29) is 5.91 Å². The molecule has 1 N–H and O–H groups in total. The molecule has 128 valence electrons. The van der Waals surface area contributed by atoms with Crippen LogP contribution in [0.1, 0.15) is 15.2 Å². The lowest BCUT2D eigenvalue weighted by Gasteiger charge is -2.32. The maximum Gasteiger partial charge on any atom is 0.264 e. The predicted molar refractivity (Wildman–Crippen MR) is 94.2 cm³/mol. The molecule has 1 aromatic heterocycles. The van der Waals surface area contributed by atoms with E-state index in [0.717, 1.165) is 49.1 Å². The van der Waals surface area contributed by atoms with E-state index < -0.39 is 0 Å². The fraction of sp³-hybridized carbons (Fsp3) is 0.389. The van der Waals surface area contributed by atoms with Gasteiger partial charge in [0.25, 0.3) is 5.91 Å². The van der Waals surface area contributed by atoms with E-state index in [9.17, 15) is 4.79 Å². The van der Waals surface area contributed by atoms with Crippen LogP contribution in [0.25, 0.3) is 0 Å². The fourth-order valence-electron chi connectivity index (χ4n) is 3.04. The van der Waals surface area contributed by atoms with Gasteiger partial charge in [-0.2, -0.15) is 0 Å². The smallest absolute Gasteiger partial charge is 0.264 e. The Morgan fingerprint density at radius 1 is 1.17 bits per heavy atom. The number of amides is 1. The van der Waals surface area contributed by atoms with E-state index in [2.05, 4.69) is 6.07 Å². The molecule has 6 heteroatoms. The molecule has 0 spiro atoms. The number of hydrogen-bond acceptors (Lipinski definition) is 4. The number of nitrogens with one attached hydrogen (secondary N) is 1. The van der Waals surface area contributed by atoms with Gasteiger partial charge in [0.1, 0.15) is 6.54 Å². The number of ether oxygens (including phenoxy) is 2. The second-order valence-electron chi connectivity index (χ2n) is 5.89. The Hall–Kier alpha value is -2.05. The number of quaternary nitrogens is 1. The van der Waals surface area contributed by atoms with E-state index in [1.807, 2.05) is 34.5 Å². The van der Waals surface area contributed by atoms with Crippen molar-refractivity contribution in [1.29, 1.82) is 0 Å². The molecular formula is C18H23N2O3S+. The molecule has 0 saturated carbocycles. The van der Waals surface area contributed by atoms with Crippen molar-refractivity contribution in [2.24, 2.45) is 0 Å². The molecule has 5 nitrogen and oxygen atoms in total. The molecule has 2 heterocycles. The van der Waals surface area contributed by atoms with Gasteiger partial charge in [-0.3, -0.25) is 4.79 Å². The molecule has 0 aliphatic carbocycles. The van der Waals surface area contributed by atoms with Crippen molar-refractivity contribution in [1.82, 2.24) is 4.90 Å². The first-order valence-electron chi connectivity index (χ1n) is 8.08. The number of nitrogens with zero attached hydrogens (tertiary/aromatic N) is 1. The SMILES string of the molecule is COc1ccc(C[NH+]2CCN(C(=O)c3cccs3)CC2)cc1OC. The Bertz CT molecular complexity index is 680. The molecule has 1 aromatic carbocycles. The first-order chi connectivity index (χ1) is 11.7. The van der Waals surface area contributed by atoms with Gasteiger partial charge < -0.3 is 19.3 Å². The third kappa shape index (κ3) is 3.71. The van der Waals surface area contributed by atoms with Crippen molar-refractivity contribution in [3.8, 4) is 11.5 Å². The van der Waals surface area contributed by atoms with Gasteiger partial charge in [0.15, 0.2) is 11.5 Å². The maximum atomic E-state index is 12.4. The van der Waals surface area contributed by atoms with Crippen LogP contribution < -0.4 is 14.4 Å². The van der Waals surface area contributed by atoms with Gasteiger partial charge in [0.2, 0.25) is 0 Å². The maximum absolute atomic E-state index is 12.4. The second-order valence-corrected chi connectivity index (χ2v) is 6.83. The number of hydrogen-bond donors (Lipinski definition) is 1. The average molecular weight is 347 g/mol. The van der Waals surface area contributed by atoms with Crippen LogP contribution in [0.5, 0.6) is 11.5 Å². The van der Waals surface area contributed by atoms with Crippen molar-refractivity contribution in [2.75, 3.05) is 40.4 Å². The summed E-state index contributed by atoms with van der Waals surface area (Å²) >= 11 is 1.51.